The van der Waals surface area contributed by atoms with Crippen LogP contribution in [0.4, 0.5) is 5.69 Å². The number of carbonyl (C=O) groups excluding carboxylic acids is 1. The summed E-state index contributed by atoms with van der Waals surface area (Å²) in [6.45, 7) is 2.08. The molecule has 0 bridgehead atoms. The fourth-order valence-electron chi connectivity index (χ4n) is 2.63. The Bertz CT molecular complexity index is 550. The molecule has 1 aromatic carbocycles. The minimum Gasteiger partial charge on any atom is -0.469 e. The lowest BCUT2D eigenvalue weighted by atomic mass is 9.98. The van der Waals surface area contributed by atoms with Crippen molar-refractivity contribution in [1.29, 1.82) is 0 Å². The van der Waals surface area contributed by atoms with Crippen molar-refractivity contribution in [2.75, 3.05) is 20.2 Å². The number of hydrogen-bond donors (Lipinski definition) is 0. The van der Waals surface area contributed by atoms with Crippen LogP contribution in [0.1, 0.15) is 18.4 Å². The molecule has 114 valence electrons. The van der Waals surface area contributed by atoms with Crippen LogP contribution in [0.5, 0.6) is 0 Å². The van der Waals surface area contributed by atoms with E-state index in [9.17, 15) is 14.9 Å². The molecule has 0 spiro atoms. The first kappa shape index (κ1) is 15.9. The summed E-state index contributed by atoms with van der Waals surface area (Å²) in [7, 11) is 1.40. The number of likely N-dealkylation sites (tertiary alicyclic amines) is 1. The number of nitro benzene ring substituents is 1. The molecule has 6 nitrogen and oxygen atoms in total. The molecular weight excluding hydrogens is 340 g/mol. The summed E-state index contributed by atoms with van der Waals surface area (Å²) < 4.78 is 5.31. The highest BCUT2D eigenvalue weighted by molar-refractivity contribution is 9.10. The Hall–Kier alpha value is -1.47. The second-order valence-electron chi connectivity index (χ2n) is 5.10. The van der Waals surface area contributed by atoms with Crippen molar-refractivity contribution >= 4 is 27.6 Å². The molecule has 1 heterocycles. The van der Waals surface area contributed by atoms with E-state index in [0.29, 0.717) is 17.6 Å². The fraction of sp³-hybridized carbons (Fsp3) is 0.500. The average molecular weight is 357 g/mol. The third-order valence-corrected chi connectivity index (χ3v) is 4.60. The summed E-state index contributed by atoms with van der Waals surface area (Å²) in [5, 5.41) is 10.9. The molecule has 0 unspecified atom stereocenters. The van der Waals surface area contributed by atoms with Crippen molar-refractivity contribution in [3.63, 3.8) is 0 Å². The minimum absolute atomic E-state index is 0.0639. The first-order valence-electron chi connectivity index (χ1n) is 6.75. The summed E-state index contributed by atoms with van der Waals surface area (Å²) in [4.78, 5) is 24.3. The molecule has 1 atom stereocenters. The van der Waals surface area contributed by atoms with Crippen LogP contribution in [0.25, 0.3) is 0 Å². The van der Waals surface area contributed by atoms with Crippen LogP contribution in [0.3, 0.4) is 0 Å². The number of esters is 1. The lowest BCUT2D eigenvalue weighted by molar-refractivity contribution is -0.385. The van der Waals surface area contributed by atoms with E-state index < -0.39 is 4.92 Å². The quantitative estimate of drug-likeness (QED) is 0.471. The Kier molecular flexibility index (Phi) is 5.30. The van der Waals surface area contributed by atoms with Gasteiger partial charge >= 0.3 is 5.97 Å². The highest BCUT2D eigenvalue weighted by Crippen LogP contribution is 2.30. The van der Waals surface area contributed by atoms with Gasteiger partial charge in [-0.05, 0) is 40.9 Å². The Morgan fingerprint density at radius 2 is 2.33 bits per heavy atom. The molecule has 0 N–H and O–H groups in total. The van der Waals surface area contributed by atoms with E-state index in [4.69, 9.17) is 4.74 Å². The number of piperidine rings is 1. The highest BCUT2D eigenvalue weighted by Gasteiger charge is 2.27. The summed E-state index contributed by atoms with van der Waals surface area (Å²) in [6.07, 6.45) is 1.76. The van der Waals surface area contributed by atoms with Crippen LogP contribution in [0.2, 0.25) is 0 Å². The third kappa shape index (κ3) is 3.79. The van der Waals surface area contributed by atoms with Crippen molar-refractivity contribution in [3.05, 3.63) is 38.3 Å². The smallest absolute Gasteiger partial charge is 0.309 e. The van der Waals surface area contributed by atoms with E-state index in [0.717, 1.165) is 24.9 Å². The third-order valence-electron chi connectivity index (χ3n) is 3.69. The van der Waals surface area contributed by atoms with Gasteiger partial charge in [0.15, 0.2) is 0 Å². The van der Waals surface area contributed by atoms with Crippen molar-refractivity contribution in [2.24, 2.45) is 5.92 Å². The number of methoxy groups -OCH3 is 1. The molecule has 0 radical (unpaired) electrons. The minimum atomic E-state index is -0.402. The maximum absolute atomic E-state index is 11.6. The maximum atomic E-state index is 11.6. The number of carbonyl (C=O) groups is 1. The van der Waals surface area contributed by atoms with Gasteiger partial charge in [0.1, 0.15) is 0 Å². The van der Waals surface area contributed by atoms with E-state index >= 15 is 0 Å². The molecule has 0 saturated carbocycles. The van der Waals surface area contributed by atoms with Crippen molar-refractivity contribution in [2.45, 2.75) is 19.4 Å². The van der Waals surface area contributed by atoms with Gasteiger partial charge in [-0.1, -0.05) is 12.1 Å². The lowest BCUT2D eigenvalue weighted by Crippen LogP contribution is -2.38. The van der Waals surface area contributed by atoms with Gasteiger partial charge in [0.05, 0.1) is 22.4 Å². The van der Waals surface area contributed by atoms with Crippen LogP contribution in [0.15, 0.2) is 22.7 Å². The van der Waals surface area contributed by atoms with Crippen molar-refractivity contribution < 1.29 is 14.5 Å². The Morgan fingerprint density at radius 1 is 1.57 bits per heavy atom. The number of halogens is 1. The average Bonchev–Trinajstić information content (AvgIpc) is 2.48. The van der Waals surface area contributed by atoms with Gasteiger partial charge in [0.2, 0.25) is 0 Å². The second kappa shape index (κ2) is 7.00. The molecule has 0 amide bonds. The lowest BCUT2D eigenvalue weighted by Gasteiger charge is -2.31. The first-order valence-corrected chi connectivity index (χ1v) is 7.54. The molecule has 0 aromatic heterocycles. The second-order valence-corrected chi connectivity index (χ2v) is 5.90. The van der Waals surface area contributed by atoms with Gasteiger partial charge in [-0.2, -0.15) is 0 Å². The summed E-state index contributed by atoms with van der Waals surface area (Å²) >= 11 is 3.31. The van der Waals surface area contributed by atoms with E-state index in [1.807, 2.05) is 6.07 Å². The van der Waals surface area contributed by atoms with E-state index in [1.54, 1.807) is 6.07 Å². The van der Waals surface area contributed by atoms with Crippen LogP contribution in [0, 0.1) is 16.0 Å². The van der Waals surface area contributed by atoms with E-state index in [-0.39, 0.29) is 17.6 Å². The maximum Gasteiger partial charge on any atom is 0.309 e. The molecule has 1 aliphatic rings. The zero-order chi connectivity index (χ0) is 15.4. The molecular formula is C14H17BrN2O4. The predicted octanol–water partition coefficient (Wildman–Crippen LogP) is 2.74. The molecule has 1 fully saturated rings. The van der Waals surface area contributed by atoms with Gasteiger partial charge in [0, 0.05) is 19.2 Å². The van der Waals surface area contributed by atoms with Crippen LogP contribution < -0.4 is 0 Å². The number of ether oxygens (including phenoxy) is 1. The van der Waals surface area contributed by atoms with Crippen molar-refractivity contribution in [1.82, 2.24) is 4.90 Å². The number of nitrogens with zero attached hydrogens (tertiary/aromatic N) is 2. The molecule has 1 aromatic rings. The number of nitro groups is 1. The number of hydrogen-bond acceptors (Lipinski definition) is 5. The summed E-state index contributed by atoms with van der Waals surface area (Å²) in [5.74, 6) is -0.293. The molecule has 2 rings (SSSR count). The highest BCUT2D eigenvalue weighted by atomic mass is 79.9. The number of benzene rings is 1. The van der Waals surface area contributed by atoms with E-state index in [2.05, 4.69) is 20.8 Å². The predicted molar refractivity (Wildman–Crippen MR) is 80.8 cm³/mol. The van der Waals surface area contributed by atoms with Crippen LogP contribution in [-0.2, 0) is 16.1 Å². The summed E-state index contributed by atoms with van der Waals surface area (Å²) in [6, 6.07) is 5.01. The van der Waals surface area contributed by atoms with Gasteiger partial charge in [-0.25, -0.2) is 0 Å². The molecule has 7 heteroatoms. The molecule has 0 aliphatic carbocycles. The number of rotatable bonds is 4. The zero-order valence-corrected chi connectivity index (χ0v) is 13.3. The molecule has 1 saturated heterocycles. The Morgan fingerprint density at radius 3 is 3.00 bits per heavy atom. The first-order chi connectivity index (χ1) is 10.0. The van der Waals surface area contributed by atoms with Gasteiger partial charge in [0.25, 0.3) is 5.69 Å². The van der Waals surface area contributed by atoms with Gasteiger partial charge in [-0.3, -0.25) is 19.8 Å². The fourth-order valence-corrected chi connectivity index (χ4v) is 3.16. The molecule has 21 heavy (non-hydrogen) atoms. The van der Waals surface area contributed by atoms with Gasteiger partial charge < -0.3 is 4.74 Å². The Balaban J connectivity index is 2.09. The van der Waals surface area contributed by atoms with E-state index in [1.165, 1.54) is 13.2 Å². The zero-order valence-electron chi connectivity index (χ0n) is 11.8. The SMILES string of the molecule is COC(=O)[C@H]1CCCN(Cc2cccc([N+](=O)[O-])c2Br)C1. The van der Waals surface area contributed by atoms with Crippen LogP contribution >= 0.6 is 15.9 Å². The van der Waals surface area contributed by atoms with Gasteiger partial charge in [-0.15, -0.1) is 0 Å². The van der Waals surface area contributed by atoms with Crippen molar-refractivity contribution in [3.8, 4) is 0 Å². The topological polar surface area (TPSA) is 72.7 Å². The monoisotopic (exact) mass is 356 g/mol. The standard InChI is InChI=1S/C14H17BrN2O4/c1-21-14(18)11-5-3-7-16(9-11)8-10-4-2-6-12(13(10)15)17(19)20/h2,4,6,11H,3,5,7-9H2,1H3/t11-/m0/s1. The normalized spacial score (nSPS) is 19.2. The largest absolute Gasteiger partial charge is 0.469 e. The summed E-state index contributed by atoms with van der Waals surface area (Å²) in [5.41, 5.74) is 0.920. The Labute approximate surface area is 131 Å². The molecule has 1 aliphatic heterocycles. The van der Waals surface area contributed by atoms with Crippen LogP contribution in [-0.4, -0.2) is 36.0 Å².